The molecule has 33 heavy (non-hydrogen) atoms. The number of nitrogens with zero attached hydrogens (tertiary/aromatic N) is 2. The summed E-state index contributed by atoms with van der Waals surface area (Å²) < 4.78 is 78.7. The number of hydrazone groups is 1. The molecule has 2 aromatic carbocycles. The molecular weight excluding hydrogens is 446 g/mol. The van der Waals surface area contributed by atoms with Crippen LogP contribution >= 0.6 is 0 Å². The molecule has 4 nitrogen and oxygen atoms in total. The molecule has 2 unspecified atom stereocenters. The topological polar surface area (TPSA) is 39.7 Å². The third-order valence-corrected chi connectivity index (χ3v) is 5.48. The van der Waals surface area contributed by atoms with E-state index in [0.29, 0.717) is 18.5 Å². The van der Waals surface area contributed by atoms with Crippen molar-refractivity contribution >= 4 is 17.6 Å². The van der Waals surface area contributed by atoms with E-state index in [2.05, 4.69) is 22.9 Å². The Hall–Kier alpha value is -2.75. The lowest BCUT2D eigenvalue weighted by Gasteiger charge is -2.38. The largest absolute Gasteiger partial charge is 0.416 e. The van der Waals surface area contributed by atoms with Crippen LogP contribution in [0.4, 0.5) is 37.7 Å². The molecule has 0 spiro atoms. The van der Waals surface area contributed by atoms with Gasteiger partial charge in [0.25, 0.3) is 0 Å². The first kappa shape index (κ1) is 24.9. The van der Waals surface area contributed by atoms with Gasteiger partial charge in [0.2, 0.25) is 0 Å². The van der Waals surface area contributed by atoms with Crippen molar-refractivity contribution in [3.63, 3.8) is 0 Å². The number of unbranched alkanes of at least 4 members (excludes halogenated alkanes) is 2. The lowest BCUT2D eigenvalue weighted by Crippen LogP contribution is -2.52. The summed E-state index contributed by atoms with van der Waals surface area (Å²) in [5, 5.41) is 5.93. The first-order valence-electron chi connectivity index (χ1n) is 10.8. The van der Waals surface area contributed by atoms with Crippen molar-refractivity contribution in [3.05, 3.63) is 59.7 Å². The van der Waals surface area contributed by atoms with E-state index >= 15 is 0 Å². The van der Waals surface area contributed by atoms with Crippen LogP contribution in [0.5, 0.6) is 0 Å². The maximum Gasteiger partial charge on any atom is 0.416 e. The maximum absolute atomic E-state index is 13.2. The second-order valence-corrected chi connectivity index (χ2v) is 7.94. The minimum absolute atomic E-state index is 0.241. The summed E-state index contributed by atoms with van der Waals surface area (Å²) in [6, 6.07) is 9.21. The Labute approximate surface area is 188 Å². The molecule has 2 atom stereocenters. The molecule has 3 rings (SSSR count). The van der Waals surface area contributed by atoms with E-state index < -0.39 is 23.5 Å². The molecule has 180 valence electrons. The smallest absolute Gasteiger partial charge is 0.321 e. The summed E-state index contributed by atoms with van der Waals surface area (Å²) in [5.74, 6) is 0. The van der Waals surface area contributed by atoms with Crippen LogP contribution in [-0.2, 0) is 12.4 Å². The Balaban J connectivity index is 1.81. The minimum atomic E-state index is -4.48. The monoisotopic (exact) mass is 472 g/mol. The van der Waals surface area contributed by atoms with Crippen LogP contribution in [0.1, 0.15) is 50.2 Å². The normalized spacial score (nSPS) is 19.1. The van der Waals surface area contributed by atoms with Crippen LogP contribution in [0.2, 0.25) is 0 Å². The van der Waals surface area contributed by atoms with Gasteiger partial charge in [0, 0.05) is 18.3 Å². The lowest BCUT2D eigenvalue weighted by atomic mass is 9.97. The predicted octanol–water partition coefficient (Wildman–Crippen LogP) is 6.85. The standard InChI is InChI=1S/C23H26F6N4/c1-2-3-4-11-21-20(32-31-18-9-5-7-16(14-18)22(24,25)26)12-13-30-33(21)19-10-6-8-17(15-19)23(27,28)29/h5-10,13-15,20-21,31-32H,2-4,11-12H2,1H3. The van der Waals surface area contributed by atoms with Crippen molar-refractivity contribution < 1.29 is 26.3 Å². The quantitative estimate of drug-likeness (QED) is 0.251. The first-order valence-corrected chi connectivity index (χ1v) is 10.8. The van der Waals surface area contributed by atoms with Crippen LogP contribution in [0.3, 0.4) is 0 Å². The highest BCUT2D eigenvalue weighted by atomic mass is 19.4. The Morgan fingerprint density at radius 1 is 0.939 bits per heavy atom. The Kier molecular flexibility index (Phi) is 7.88. The van der Waals surface area contributed by atoms with E-state index in [-0.39, 0.29) is 17.8 Å². The Morgan fingerprint density at radius 3 is 2.27 bits per heavy atom. The average Bonchev–Trinajstić information content (AvgIpc) is 2.77. The first-order chi connectivity index (χ1) is 15.6. The highest BCUT2D eigenvalue weighted by Gasteiger charge is 2.34. The second kappa shape index (κ2) is 10.5. The van der Waals surface area contributed by atoms with E-state index in [1.54, 1.807) is 17.3 Å². The van der Waals surface area contributed by atoms with Crippen molar-refractivity contribution in [2.45, 2.75) is 63.5 Å². The van der Waals surface area contributed by atoms with Crippen LogP contribution in [0.25, 0.3) is 0 Å². The molecule has 0 fully saturated rings. The highest BCUT2D eigenvalue weighted by molar-refractivity contribution is 5.65. The van der Waals surface area contributed by atoms with Gasteiger partial charge in [-0.05, 0) is 42.8 Å². The van der Waals surface area contributed by atoms with Crippen LogP contribution in [0, 0.1) is 0 Å². The average molecular weight is 472 g/mol. The molecule has 0 radical (unpaired) electrons. The van der Waals surface area contributed by atoms with Gasteiger partial charge in [-0.25, -0.2) is 5.43 Å². The molecule has 0 aliphatic carbocycles. The summed E-state index contributed by atoms with van der Waals surface area (Å²) in [5.41, 5.74) is 4.92. The fraction of sp³-hybridized carbons (Fsp3) is 0.435. The molecule has 1 aliphatic heterocycles. The van der Waals surface area contributed by atoms with Crippen LogP contribution in [0.15, 0.2) is 53.6 Å². The fourth-order valence-electron chi connectivity index (χ4n) is 3.78. The second-order valence-electron chi connectivity index (χ2n) is 7.94. The van der Waals surface area contributed by atoms with E-state index in [1.165, 1.54) is 18.2 Å². The third kappa shape index (κ3) is 6.63. The van der Waals surface area contributed by atoms with Gasteiger partial charge in [0.15, 0.2) is 0 Å². The minimum Gasteiger partial charge on any atom is -0.321 e. The zero-order chi connectivity index (χ0) is 24.1. The third-order valence-electron chi connectivity index (χ3n) is 5.48. The molecular formula is C23H26F6N4. The number of hydrogen-bond donors (Lipinski definition) is 2. The molecule has 1 aliphatic rings. The van der Waals surface area contributed by atoms with Gasteiger partial charge >= 0.3 is 12.4 Å². The van der Waals surface area contributed by atoms with Gasteiger partial charge in [-0.15, -0.1) is 0 Å². The molecule has 0 saturated heterocycles. The van der Waals surface area contributed by atoms with Crippen molar-refractivity contribution in [2.75, 3.05) is 10.4 Å². The fourth-order valence-corrected chi connectivity index (χ4v) is 3.78. The van der Waals surface area contributed by atoms with Gasteiger partial charge in [0.05, 0.1) is 28.9 Å². The number of alkyl halides is 6. The zero-order valence-corrected chi connectivity index (χ0v) is 18.0. The van der Waals surface area contributed by atoms with E-state index in [9.17, 15) is 26.3 Å². The summed E-state index contributed by atoms with van der Waals surface area (Å²) in [4.78, 5) is 0. The van der Waals surface area contributed by atoms with Crippen molar-refractivity contribution in [1.82, 2.24) is 5.43 Å². The lowest BCUT2D eigenvalue weighted by molar-refractivity contribution is -0.138. The number of nitrogens with one attached hydrogen (secondary N) is 2. The van der Waals surface area contributed by atoms with Gasteiger partial charge in [0.1, 0.15) is 0 Å². The van der Waals surface area contributed by atoms with Gasteiger partial charge in [-0.3, -0.25) is 5.01 Å². The number of halogens is 6. The summed E-state index contributed by atoms with van der Waals surface area (Å²) in [6.45, 7) is 2.05. The van der Waals surface area contributed by atoms with Crippen LogP contribution < -0.4 is 15.9 Å². The predicted molar refractivity (Wildman–Crippen MR) is 117 cm³/mol. The van der Waals surface area contributed by atoms with Gasteiger partial charge < -0.3 is 5.43 Å². The summed E-state index contributed by atoms with van der Waals surface area (Å²) >= 11 is 0. The Bertz CT molecular complexity index is 941. The number of anilines is 2. The SMILES string of the molecule is CCCCCC1C(NNc2cccc(C(F)(F)F)c2)CC=NN1c1cccc(C(F)(F)F)c1. The molecule has 10 heteroatoms. The molecule has 0 aromatic heterocycles. The number of rotatable bonds is 8. The van der Waals surface area contributed by atoms with E-state index in [1.807, 2.05) is 0 Å². The van der Waals surface area contributed by atoms with Crippen molar-refractivity contribution in [3.8, 4) is 0 Å². The number of hydrazine groups is 1. The molecule has 2 aromatic rings. The van der Waals surface area contributed by atoms with E-state index in [0.717, 1.165) is 43.5 Å². The van der Waals surface area contributed by atoms with Gasteiger partial charge in [-0.1, -0.05) is 38.3 Å². The van der Waals surface area contributed by atoms with Crippen LogP contribution in [-0.4, -0.2) is 18.3 Å². The number of hydrogen-bond acceptors (Lipinski definition) is 4. The molecule has 2 N–H and O–H groups in total. The molecule has 1 heterocycles. The molecule has 0 saturated carbocycles. The molecule has 0 bridgehead atoms. The zero-order valence-electron chi connectivity index (χ0n) is 18.0. The highest BCUT2D eigenvalue weighted by Crippen LogP contribution is 2.34. The maximum atomic E-state index is 13.2. The van der Waals surface area contributed by atoms with Gasteiger partial charge in [-0.2, -0.15) is 31.4 Å². The van der Waals surface area contributed by atoms with E-state index in [4.69, 9.17) is 0 Å². The summed E-state index contributed by atoms with van der Waals surface area (Å²) in [6.07, 6.45) is -3.45. The van der Waals surface area contributed by atoms with Crippen molar-refractivity contribution in [2.24, 2.45) is 5.10 Å². The summed E-state index contributed by atoms with van der Waals surface area (Å²) in [7, 11) is 0. The Morgan fingerprint density at radius 2 is 1.61 bits per heavy atom. The molecule has 0 amide bonds. The van der Waals surface area contributed by atoms with Crippen molar-refractivity contribution in [1.29, 1.82) is 0 Å². The number of benzene rings is 2.